The van der Waals surface area contributed by atoms with Gasteiger partial charge in [-0.05, 0) is 36.6 Å². The Hall–Kier alpha value is -2.17. The summed E-state index contributed by atoms with van der Waals surface area (Å²) in [7, 11) is 0. The first-order valence-electron chi connectivity index (χ1n) is 8.67. The van der Waals surface area contributed by atoms with Crippen LogP contribution in [0.5, 0.6) is 0 Å². The number of aliphatic hydroxyl groups is 1. The first kappa shape index (κ1) is 18.6. The van der Waals surface area contributed by atoms with Gasteiger partial charge in [-0.1, -0.05) is 54.1 Å². The van der Waals surface area contributed by atoms with Gasteiger partial charge in [-0.15, -0.1) is 0 Å². The summed E-state index contributed by atoms with van der Waals surface area (Å²) in [5.74, 6) is -2.17. The zero-order valence-electron chi connectivity index (χ0n) is 14.5. The van der Waals surface area contributed by atoms with Crippen LogP contribution in [0.25, 0.3) is 0 Å². The van der Waals surface area contributed by atoms with E-state index in [1.165, 1.54) is 0 Å². The molecule has 0 amide bonds. The van der Waals surface area contributed by atoms with Crippen LogP contribution >= 0.6 is 11.6 Å². The highest BCUT2D eigenvalue weighted by atomic mass is 35.5. The van der Waals surface area contributed by atoms with Crippen molar-refractivity contribution in [1.82, 2.24) is 0 Å². The molecule has 136 valence electrons. The van der Waals surface area contributed by atoms with E-state index in [2.05, 4.69) is 0 Å². The number of halogens is 1. The first-order chi connectivity index (χ1) is 12.4. The highest BCUT2D eigenvalue weighted by Gasteiger charge is 2.49. The normalized spacial score (nSPS) is 25.7. The molecule has 0 radical (unpaired) electrons. The summed E-state index contributed by atoms with van der Waals surface area (Å²) in [5.41, 5.74) is 0.120. The number of ketones is 1. The second-order valence-corrected chi connectivity index (χ2v) is 7.07. The molecule has 5 heteroatoms. The van der Waals surface area contributed by atoms with Gasteiger partial charge in [-0.2, -0.15) is 0 Å². The van der Waals surface area contributed by atoms with E-state index in [-0.39, 0.29) is 25.2 Å². The lowest BCUT2D eigenvalue weighted by molar-refractivity contribution is -0.158. The summed E-state index contributed by atoms with van der Waals surface area (Å²) in [5, 5.41) is 11.8. The van der Waals surface area contributed by atoms with E-state index in [0.717, 1.165) is 5.56 Å². The molecule has 2 aromatic carbocycles. The summed E-state index contributed by atoms with van der Waals surface area (Å²) >= 11 is 5.94. The molecule has 1 fully saturated rings. The number of hydrogen-bond acceptors (Lipinski definition) is 4. The lowest BCUT2D eigenvalue weighted by atomic mass is 9.66. The third kappa shape index (κ3) is 3.67. The summed E-state index contributed by atoms with van der Waals surface area (Å²) in [6.07, 6.45) is 0.134. The van der Waals surface area contributed by atoms with Crippen molar-refractivity contribution in [3.63, 3.8) is 0 Å². The van der Waals surface area contributed by atoms with Gasteiger partial charge in [0.05, 0.1) is 12.2 Å². The summed E-state index contributed by atoms with van der Waals surface area (Å²) < 4.78 is 5.13. The van der Waals surface area contributed by atoms with Crippen LogP contribution in [0.2, 0.25) is 5.02 Å². The number of hydrogen-bond donors (Lipinski definition) is 1. The molecular formula is C21H21ClO4. The monoisotopic (exact) mass is 372 g/mol. The van der Waals surface area contributed by atoms with Crippen molar-refractivity contribution in [2.75, 3.05) is 6.61 Å². The Morgan fingerprint density at radius 3 is 2.46 bits per heavy atom. The van der Waals surface area contributed by atoms with Crippen LogP contribution in [0, 0.1) is 5.92 Å². The quantitative estimate of drug-likeness (QED) is 0.654. The van der Waals surface area contributed by atoms with Crippen LogP contribution < -0.4 is 0 Å². The zero-order valence-corrected chi connectivity index (χ0v) is 15.3. The van der Waals surface area contributed by atoms with Gasteiger partial charge in [0.1, 0.15) is 5.92 Å². The Balaban J connectivity index is 2.00. The van der Waals surface area contributed by atoms with Crippen molar-refractivity contribution < 1.29 is 19.4 Å². The number of carbonyl (C=O) groups excluding carboxylic acids is 2. The van der Waals surface area contributed by atoms with Gasteiger partial charge < -0.3 is 9.84 Å². The standard InChI is InChI=1S/C21H21ClO4/c1-2-26-20(24)19-17(14-6-4-3-5-7-14)12-21(25,13-18(19)23)15-8-10-16(22)11-9-15/h3-11,17,19,25H,2,12-13H2,1H3/t17-,19+,21-/m1/s1. The molecule has 0 bridgehead atoms. The van der Waals surface area contributed by atoms with Gasteiger partial charge in [0.15, 0.2) is 5.78 Å². The van der Waals surface area contributed by atoms with Gasteiger partial charge in [0.25, 0.3) is 0 Å². The predicted octanol–water partition coefficient (Wildman–Crippen LogP) is 3.85. The molecule has 0 unspecified atom stereocenters. The number of esters is 1. The van der Waals surface area contributed by atoms with Crippen molar-refractivity contribution in [1.29, 1.82) is 0 Å². The lowest BCUT2D eigenvalue weighted by Crippen LogP contribution is -2.45. The van der Waals surface area contributed by atoms with Crippen LogP contribution in [0.1, 0.15) is 36.8 Å². The summed E-state index contributed by atoms with van der Waals surface area (Å²) in [6, 6.07) is 16.2. The molecular weight excluding hydrogens is 352 g/mol. The first-order valence-corrected chi connectivity index (χ1v) is 9.05. The van der Waals surface area contributed by atoms with Crippen LogP contribution in [-0.4, -0.2) is 23.5 Å². The molecule has 0 aliphatic heterocycles. The fourth-order valence-electron chi connectivity index (χ4n) is 3.69. The van der Waals surface area contributed by atoms with Crippen molar-refractivity contribution >= 4 is 23.4 Å². The third-order valence-electron chi connectivity index (χ3n) is 4.92. The van der Waals surface area contributed by atoms with Gasteiger partial charge in [-0.3, -0.25) is 9.59 Å². The minimum atomic E-state index is -1.34. The Kier molecular flexibility index (Phi) is 5.44. The van der Waals surface area contributed by atoms with E-state index in [1.807, 2.05) is 30.3 Å². The molecule has 1 aliphatic rings. The second kappa shape index (κ2) is 7.60. The Labute approximate surface area is 157 Å². The Morgan fingerprint density at radius 1 is 1.19 bits per heavy atom. The molecule has 0 saturated heterocycles. The Morgan fingerprint density at radius 2 is 1.85 bits per heavy atom. The Bertz CT molecular complexity index is 787. The summed E-state index contributed by atoms with van der Waals surface area (Å²) in [4.78, 5) is 25.3. The molecule has 2 aromatic rings. The highest BCUT2D eigenvalue weighted by Crippen LogP contribution is 2.46. The average molecular weight is 373 g/mol. The minimum Gasteiger partial charge on any atom is -0.465 e. The summed E-state index contributed by atoms with van der Waals surface area (Å²) in [6.45, 7) is 1.93. The van der Waals surface area contributed by atoms with Crippen LogP contribution in [0.15, 0.2) is 54.6 Å². The maximum Gasteiger partial charge on any atom is 0.317 e. The fraction of sp³-hybridized carbons (Fsp3) is 0.333. The van der Waals surface area contributed by atoms with Crippen molar-refractivity contribution in [3.8, 4) is 0 Å². The molecule has 1 N–H and O–H groups in total. The smallest absolute Gasteiger partial charge is 0.317 e. The number of carbonyl (C=O) groups is 2. The van der Waals surface area contributed by atoms with Gasteiger partial charge in [0, 0.05) is 17.4 Å². The predicted molar refractivity (Wildman–Crippen MR) is 98.9 cm³/mol. The van der Waals surface area contributed by atoms with Crippen molar-refractivity contribution in [2.24, 2.45) is 5.92 Å². The number of benzene rings is 2. The molecule has 0 heterocycles. The maximum absolute atomic E-state index is 12.9. The van der Waals surface area contributed by atoms with E-state index in [0.29, 0.717) is 10.6 Å². The molecule has 0 spiro atoms. The zero-order chi connectivity index (χ0) is 18.7. The SMILES string of the molecule is CCOC(=O)[C@@H]1C(=O)C[C@@](O)(c2ccc(Cl)cc2)C[C@@H]1c1ccccc1. The fourth-order valence-corrected chi connectivity index (χ4v) is 3.82. The molecule has 4 nitrogen and oxygen atoms in total. The van der Waals surface area contributed by atoms with Crippen molar-refractivity contribution in [3.05, 3.63) is 70.7 Å². The number of rotatable bonds is 4. The largest absolute Gasteiger partial charge is 0.465 e. The van der Waals surface area contributed by atoms with Crippen LogP contribution in [0.3, 0.4) is 0 Å². The van der Waals surface area contributed by atoms with E-state index in [9.17, 15) is 14.7 Å². The van der Waals surface area contributed by atoms with Crippen LogP contribution in [0.4, 0.5) is 0 Å². The lowest BCUT2D eigenvalue weighted by Gasteiger charge is -2.40. The molecule has 26 heavy (non-hydrogen) atoms. The van der Waals surface area contributed by atoms with E-state index < -0.39 is 23.4 Å². The molecule has 3 rings (SSSR count). The number of Topliss-reactive ketones (excluding diaryl/α,β-unsaturated/α-hetero) is 1. The molecule has 3 atom stereocenters. The van der Waals surface area contributed by atoms with E-state index in [1.54, 1.807) is 31.2 Å². The highest BCUT2D eigenvalue weighted by molar-refractivity contribution is 6.30. The average Bonchev–Trinajstić information content (AvgIpc) is 2.62. The molecule has 1 aliphatic carbocycles. The van der Waals surface area contributed by atoms with Gasteiger partial charge >= 0.3 is 5.97 Å². The molecule has 1 saturated carbocycles. The van der Waals surface area contributed by atoms with Crippen LogP contribution in [-0.2, 0) is 19.9 Å². The third-order valence-corrected chi connectivity index (χ3v) is 5.18. The second-order valence-electron chi connectivity index (χ2n) is 6.63. The van der Waals surface area contributed by atoms with E-state index in [4.69, 9.17) is 16.3 Å². The van der Waals surface area contributed by atoms with Gasteiger partial charge in [-0.25, -0.2) is 0 Å². The van der Waals surface area contributed by atoms with Gasteiger partial charge in [0.2, 0.25) is 0 Å². The topological polar surface area (TPSA) is 63.6 Å². The maximum atomic E-state index is 12.9. The number of ether oxygens (including phenoxy) is 1. The minimum absolute atomic E-state index is 0.124. The molecule has 0 aromatic heterocycles. The van der Waals surface area contributed by atoms with E-state index >= 15 is 0 Å². The van der Waals surface area contributed by atoms with Crippen molar-refractivity contribution in [2.45, 2.75) is 31.3 Å².